The average molecular weight is 279 g/mol. The molecule has 0 spiro atoms. The summed E-state index contributed by atoms with van der Waals surface area (Å²) in [5.41, 5.74) is 7.25. The van der Waals surface area contributed by atoms with Crippen LogP contribution in [0, 0.1) is 6.92 Å². The zero-order valence-corrected chi connectivity index (χ0v) is 10.3. The van der Waals surface area contributed by atoms with Crippen LogP contribution >= 0.6 is 27.5 Å². The maximum Gasteiger partial charge on any atom is 0.0805 e. The first-order valence-electron chi connectivity index (χ1n) is 4.40. The monoisotopic (exact) mass is 277 g/mol. The van der Waals surface area contributed by atoms with Crippen LogP contribution in [0.4, 0.5) is 0 Å². The third-order valence-corrected chi connectivity index (χ3v) is 3.31. The van der Waals surface area contributed by atoms with Crippen molar-refractivity contribution in [1.82, 2.24) is 0 Å². The smallest absolute Gasteiger partial charge is 0.0805 e. The Morgan fingerprint density at radius 1 is 1.57 bits per heavy atom. The molecular formula is C10H13BrClNO. The molecule has 0 aliphatic carbocycles. The summed E-state index contributed by atoms with van der Waals surface area (Å²) in [6, 6.07) is 3.68. The Balaban J connectivity index is 3.02. The highest BCUT2D eigenvalue weighted by atomic mass is 79.9. The predicted molar refractivity (Wildman–Crippen MR) is 62.5 cm³/mol. The minimum atomic E-state index is -0.506. The number of aryl methyl sites for hydroxylation is 1. The van der Waals surface area contributed by atoms with Crippen molar-refractivity contribution < 1.29 is 5.11 Å². The van der Waals surface area contributed by atoms with E-state index in [2.05, 4.69) is 15.9 Å². The Morgan fingerprint density at radius 3 is 2.79 bits per heavy atom. The zero-order chi connectivity index (χ0) is 10.7. The van der Waals surface area contributed by atoms with Gasteiger partial charge in [0.05, 0.1) is 11.1 Å². The third kappa shape index (κ3) is 2.70. The lowest BCUT2D eigenvalue weighted by atomic mass is 10.0. The summed E-state index contributed by atoms with van der Waals surface area (Å²) in [6.45, 7) is 2.40. The number of hydrogen-bond donors (Lipinski definition) is 2. The van der Waals surface area contributed by atoms with E-state index in [0.29, 0.717) is 18.0 Å². The minimum absolute atomic E-state index is 0.473. The topological polar surface area (TPSA) is 46.2 Å². The number of hydrogen-bond acceptors (Lipinski definition) is 2. The maximum atomic E-state index is 9.77. The second kappa shape index (κ2) is 5.12. The molecule has 0 aliphatic rings. The Kier molecular flexibility index (Phi) is 4.38. The highest BCUT2D eigenvalue weighted by Crippen LogP contribution is 2.30. The molecule has 14 heavy (non-hydrogen) atoms. The van der Waals surface area contributed by atoms with Crippen LogP contribution in [0.25, 0.3) is 0 Å². The van der Waals surface area contributed by atoms with E-state index in [9.17, 15) is 5.11 Å². The van der Waals surface area contributed by atoms with Crippen LogP contribution in [-0.4, -0.2) is 11.7 Å². The summed E-state index contributed by atoms with van der Waals surface area (Å²) < 4.78 is 0.802. The summed E-state index contributed by atoms with van der Waals surface area (Å²) in [6.07, 6.45) is 0.0584. The van der Waals surface area contributed by atoms with Crippen molar-refractivity contribution in [2.24, 2.45) is 5.73 Å². The van der Waals surface area contributed by atoms with Crippen LogP contribution in [0.15, 0.2) is 16.6 Å². The highest BCUT2D eigenvalue weighted by Gasteiger charge is 2.11. The van der Waals surface area contributed by atoms with Gasteiger partial charge in [-0.3, -0.25) is 0 Å². The fourth-order valence-corrected chi connectivity index (χ4v) is 1.91. The van der Waals surface area contributed by atoms with E-state index in [0.717, 1.165) is 15.6 Å². The van der Waals surface area contributed by atoms with Crippen LogP contribution in [0.5, 0.6) is 0 Å². The molecule has 1 atom stereocenters. The van der Waals surface area contributed by atoms with E-state index in [1.165, 1.54) is 0 Å². The predicted octanol–water partition coefficient (Wildman–Crippen LogP) is 2.79. The van der Waals surface area contributed by atoms with E-state index in [4.69, 9.17) is 17.3 Å². The average Bonchev–Trinajstić information content (AvgIpc) is 2.11. The third-order valence-electron chi connectivity index (χ3n) is 2.11. The molecule has 0 fully saturated rings. The molecule has 0 saturated heterocycles. The zero-order valence-electron chi connectivity index (χ0n) is 7.93. The van der Waals surface area contributed by atoms with Gasteiger partial charge in [-0.15, -0.1) is 0 Å². The van der Waals surface area contributed by atoms with Crippen molar-refractivity contribution in [3.8, 4) is 0 Å². The molecule has 0 bridgehead atoms. The van der Waals surface area contributed by atoms with E-state index < -0.39 is 6.10 Å². The van der Waals surface area contributed by atoms with Gasteiger partial charge in [-0.05, 0) is 59.1 Å². The molecule has 0 aromatic heterocycles. The first-order valence-corrected chi connectivity index (χ1v) is 5.57. The molecule has 78 valence electrons. The van der Waals surface area contributed by atoms with Crippen molar-refractivity contribution in [2.45, 2.75) is 19.4 Å². The van der Waals surface area contributed by atoms with E-state index in [-0.39, 0.29) is 0 Å². The summed E-state index contributed by atoms with van der Waals surface area (Å²) in [5.74, 6) is 0. The molecule has 0 heterocycles. The van der Waals surface area contributed by atoms with Gasteiger partial charge in [0.1, 0.15) is 0 Å². The van der Waals surface area contributed by atoms with Gasteiger partial charge in [-0.1, -0.05) is 11.6 Å². The number of nitrogens with two attached hydrogens (primary N) is 1. The summed E-state index contributed by atoms with van der Waals surface area (Å²) in [4.78, 5) is 0. The molecule has 1 rings (SSSR count). The fourth-order valence-electron chi connectivity index (χ4n) is 1.33. The first kappa shape index (κ1) is 12.0. The molecule has 0 amide bonds. The van der Waals surface area contributed by atoms with Crippen molar-refractivity contribution in [2.75, 3.05) is 6.54 Å². The number of aliphatic hydroxyl groups is 1. The standard InChI is InChI=1S/C10H13BrClNO/c1-6-4-9(12)8(11)5-7(6)10(14)2-3-13/h4-5,10,14H,2-3,13H2,1H3. The summed E-state index contributed by atoms with van der Waals surface area (Å²) in [5, 5.41) is 10.4. The second-order valence-corrected chi connectivity index (χ2v) is 4.48. The quantitative estimate of drug-likeness (QED) is 0.893. The highest BCUT2D eigenvalue weighted by molar-refractivity contribution is 9.10. The lowest BCUT2D eigenvalue weighted by molar-refractivity contribution is 0.169. The van der Waals surface area contributed by atoms with Crippen LogP contribution in [-0.2, 0) is 0 Å². The molecule has 3 N–H and O–H groups in total. The summed E-state index contributed by atoms with van der Waals surface area (Å²) in [7, 11) is 0. The van der Waals surface area contributed by atoms with Gasteiger partial charge >= 0.3 is 0 Å². The number of benzene rings is 1. The fraction of sp³-hybridized carbons (Fsp3) is 0.400. The molecule has 0 aliphatic heterocycles. The van der Waals surface area contributed by atoms with Crippen LogP contribution in [0.3, 0.4) is 0 Å². The Hall–Kier alpha value is -0.0900. The normalized spacial score (nSPS) is 12.9. The molecule has 4 heteroatoms. The second-order valence-electron chi connectivity index (χ2n) is 3.22. The molecule has 0 radical (unpaired) electrons. The molecule has 1 aromatic rings. The molecule has 1 unspecified atom stereocenters. The molecule has 2 nitrogen and oxygen atoms in total. The number of aliphatic hydroxyl groups excluding tert-OH is 1. The van der Waals surface area contributed by atoms with Gasteiger partial charge < -0.3 is 10.8 Å². The SMILES string of the molecule is Cc1cc(Cl)c(Br)cc1C(O)CCN. The molecular weight excluding hydrogens is 265 g/mol. The van der Waals surface area contributed by atoms with E-state index in [1.54, 1.807) is 0 Å². The van der Waals surface area contributed by atoms with Gasteiger partial charge in [0.15, 0.2) is 0 Å². The Labute approximate surface area is 97.2 Å². The Bertz CT molecular complexity index is 330. The van der Waals surface area contributed by atoms with Crippen molar-refractivity contribution in [3.05, 3.63) is 32.8 Å². The first-order chi connectivity index (χ1) is 6.56. The van der Waals surface area contributed by atoms with Crippen molar-refractivity contribution in [3.63, 3.8) is 0 Å². The Morgan fingerprint density at radius 2 is 2.21 bits per heavy atom. The van der Waals surface area contributed by atoms with Gasteiger partial charge in [0.2, 0.25) is 0 Å². The van der Waals surface area contributed by atoms with E-state index in [1.807, 2.05) is 19.1 Å². The lowest BCUT2D eigenvalue weighted by Gasteiger charge is -2.13. The van der Waals surface area contributed by atoms with Gasteiger partial charge in [-0.25, -0.2) is 0 Å². The van der Waals surface area contributed by atoms with Crippen LogP contribution in [0.2, 0.25) is 5.02 Å². The molecule has 0 saturated carbocycles. The van der Waals surface area contributed by atoms with Crippen LogP contribution in [0.1, 0.15) is 23.7 Å². The summed E-state index contributed by atoms with van der Waals surface area (Å²) >= 11 is 9.24. The van der Waals surface area contributed by atoms with Crippen molar-refractivity contribution >= 4 is 27.5 Å². The lowest BCUT2D eigenvalue weighted by Crippen LogP contribution is -2.08. The molecule has 1 aromatic carbocycles. The number of halogens is 2. The number of rotatable bonds is 3. The van der Waals surface area contributed by atoms with Crippen molar-refractivity contribution in [1.29, 1.82) is 0 Å². The van der Waals surface area contributed by atoms with E-state index >= 15 is 0 Å². The largest absolute Gasteiger partial charge is 0.388 e. The van der Waals surface area contributed by atoms with Gasteiger partial charge in [-0.2, -0.15) is 0 Å². The minimum Gasteiger partial charge on any atom is -0.388 e. The van der Waals surface area contributed by atoms with Crippen LogP contribution < -0.4 is 5.73 Å². The van der Waals surface area contributed by atoms with Gasteiger partial charge in [0, 0.05) is 4.47 Å². The maximum absolute atomic E-state index is 9.77. The van der Waals surface area contributed by atoms with Gasteiger partial charge in [0.25, 0.3) is 0 Å².